The molecule has 0 saturated carbocycles. The van der Waals surface area contributed by atoms with Gasteiger partial charge >= 0.3 is 5.69 Å². The summed E-state index contributed by atoms with van der Waals surface area (Å²) < 4.78 is 13.3. The smallest absolute Gasteiger partial charge is 0.306 e. The maximum atomic E-state index is 13.3. The van der Waals surface area contributed by atoms with E-state index in [0.717, 1.165) is 11.6 Å². The molecule has 0 heterocycles. The van der Waals surface area contributed by atoms with Crippen molar-refractivity contribution in [2.24, 2.45) is 0 Å². The average Bonchev–Trinajstić information content (AvgIpc) is 2.41. The zero-order valence-corrected chi connectivity index (χ0v) is 11.3. The second kappa shape index (κ2) is 5.69. The molecule has 104 valence electrons. The number of benzene rings is 2. The molecule has 4 nitrogen and oxygen atoms in total. The van der Waals surface area contributed by atoms with Gasteiger partial charge in [-0.25, -0.2) is 0 Å². The lowest BCUT2D eigenvalue weighted by Crippen LogP contribution is -2.07. The van der Waals surface area contributed by atoms with E-state index in [4.69, 9.17) is 0 Å². The number of halogens is 1. The summed E-state index contributed by atoms with van der Waals surface area (Å²) >= 11 is 0. The monoisotopic (exact) mass is 274 g/mol. The van der Waals surface area contributed by atoms with Crippen molar-refractivity contribution in [2.45, 2.75) is 19.9 Å². The molecular formula is C15H15FN2O2. The Morgan fingerprint density at radius 1 is 1.20 bits per heavy atom. The van der Waals surface area contributed by atoms with Crippen molar-refractivity contribution >= 4 is 11.4 Å². The Balaban J connectivity index is 2.19. The first-order chi connectivity index (χ1) is 9.47. The number of nitrogens with one attached hydrogen (secondary N) is 1. The summed E-state index contributed by atoms with van der Waals surface area (Å²) in [6, 6.07) is 11.8. The first-order valence-electron chi connectivity index (χ1n) is 6.24. The fourth-order valence-electron chi connectivity index (χ4n) is 1.93. The Kier molecular flexibility index (Phi) is 3.98. The fraction of sp³-hybridized carbons (Fsp3) is 0.200. The molecule has 0 radical (unpaired) electrons. The molecule has 1 unspecified atom stereocenters. The van der Waals surface area contributed by atoms with Crippen LogP contribution >= 0.6 is 0 Å². The molecule has 0 spiro atoms. The van der Waals surface area contributed by atoms with E-state index in [1.54, 1.807) is 0 Å². The van der Waals surface area contributed by atoms with Gasteiger partial charge in [0.25, 0.3) is 0 Å². The number of hydrogen-bond acceptors (Lipinski definition) is 3. The molecule has 0 aliphatic carbocycles. The van der Waals surface area contributed by atoms with Crippen molar-refractivity contribution < 1.29 is 9.31 Å². The number of nitro groups is 1. The van der Waals surface area contributed by atoms with Crippen molar-refractivity contribution in [2.75, 3.05) is 5.32 Å². The van der Waals surface area contributed by atoms with Crippen molar-refractivity contribution in [3.8, 4) is 0 Å². The van der Waals surface area contributed by atoms with Crippen LogP contribution < -0.4 is 5.32 Å². The van der Waals surface area contributed by atoms with E-state index in [-0.39, 0.29) is 6.04 Å². The SMILES string of the molecule is Cc1ccc(C(C)Nc2ccc(F)c([N+](=O)[O-])c2)cc1. The van der Waals surface area contributed by atoms with Gasteiger partial charge in [0.15, 0.2) is 0 Å². The second-order valence-electron chi connectivity index (χ2n) is 4.70. The molecule has 0 aliphatic rings. The van der Waals surface area contributed by atoms with Gasteiger partial charge in [0.1, 0.15) is 0 Å². The molecule has 0 aromatic heterocycles. The van der Waals surface area contributed by atoms with Gasteiger partial charge in [0, 0.05) is 17.8 Å². The minimum atomic E-state index is -0.830. The normalized spacial score (nSPS) is 11.9. The number of rotatable bonds is 4. The van der Waals surface area contributed by atoms with E-state index in [1.807, 2.05) is 38.1 Å². The Hall–Kier alpha value is -2.43. The van der Waals surface area contributed by atoms with Crippen LogP contribution in [0, 0.1) is 22.9 Å². The summed E-state index contributed by atoms with van der Waals surface area (Å²) in [7, 11) is 0. The summed E-state index contributed by atoms with van der Waals surface area (Å²) in [5, 5.41) is 13.8. The third-order valence-corrected chi connectivity index (χ3v) is 3.10. The van der Waals surface area contributed by atoms with Gasteiger partial charge in [-0.1, -0.05) is 29.8 Å². The van der Waals surface area contributed by atoms with Crippen molar-refractivity contribution in [1.82, 2.24) is 0 Å². The minimum Gasteiger partial charge on any atom is -0.378 e. The molecular weight excluding hydrogens is 259 g/mol. The van der Waals surface area contributed by atoms with Gasteiger partial charge in [-0.05, 0) is 31.5 Å². The van der Waals surface area contributed by atoms with Crippen LogP contribution in [0.25, 0.3) is 0 Å². The number of aryl methyl sites for hydroxylation is 1. The van der Waals surface area contributed by atoms with Crippen molar-refractivity contribution in [3.63, 3.8) is 0 Å². The van der Waals surface area contributed by atoms with Gasteiger partial charge in [-0.15, -0.1) is 0 Å². The van der Waals surface area contributed by atoms with Crippen LogP contribution in [0.2, 0.25) is 0 Å². The summed E-state index contributed by atoms with van der Waals surface area (Å²) in [5.74, 6) is -0.830. The average molecular weight is 274 g/mol. The van der Waals surface area contributed by atoms with E-state index >= 15 is 0 Å². The zero-order chi connectivity index (χ0) is 14.7. The van der Waals surface area contributed by atoms with Crippen LogP contribution in [0.1, 0.15) is 24.1 Å². The highest BCUT2D eigenvalue weighted by atomic mass is 19.1. The largest absolute Gasteiger partial charge is 0.378 e. The van der Waals surface area contributed by atoms with Gasteiger partial charge in [0.05, 0.1) is 4.92 Å². The summed E-state index contributed by atoms with van der Waals surface area (Å²) in [6.45, 7) is 3.95. The number of anilines is 1. The molecule has 0 saturated heterocycles. The van der Waals surface area contributed by atoms with Gasteiger partial charge in [-0.3, -0.25) is 10.1 Å². The molecule has 5 heteroatoms. The molecule has 20 heavy (non-hydrogen) atoms. The van der Waals surface area contributed by atoms with Gasteiger partial charge < -0.3 is 5.32 Å². The highest BCUT2D eigenvalue weighted by Crippen LogP contribution is 2.25. The van der Waals surface area contributed by atoms with E-state index in [9.17, 15) is 14.5 Å². The van der Waals surface area contributed by atoms with Crippen LogP contribution in [0.3, 0.4) is 0 Å². The number of nitrogens with zero attached hydrogens (tertiary/aromatic N) is 1. The molecule has 0 fully saturated rings. The number of hydrogen-bond donors (Lipinski definition) is 1. The fourth-order valence-corrected chi connectivity index (χ4v) is 1.93. The lowest BCUT2D eigenvalue weighted by Gasteiger charge is -2.16. The van der Waals surface area contributed by atoms with Gasteiger partial charge in [0.2, 0.25) is 5.82 Å². The van der Waals surface area contributed by atoms with Crippen LogP contribution in [-0.2, 0) is 0 Å². The summed E-state index contributed by atoms with van der Waals surface area (Å²) in [6.07, 6.45) is 0. The van der Waals surface area contributed by atoms with Crippen LogP contribution in [0.5, 0.6) is 0 Å². The Bertz CT molecular complexity index is 626. The van der Waals surface area contributed by atoms with E-state index in [0.29, 0.717) is 5.69 Å². The van der Waals surface area contributed by atoms with E-state index < -0.39 is 16.4 Å². The quantitative estimate of drug-likeness (QED) is 0.671. The Morgan fingerprint density at radius 2 is 1.85 bits per heavy atom. The molecule has 0 amide bonds. The molecule has 2 aromatic rings. The maximum absolute atomic E-state index is 13.3. The Labute approximate surface area is 116 Å². The molecule has 1 N–H and O–H groups in total. The van der Waals surface area contributed by atoms with E-state index in [1.165, 1.54) is 17.7 Å². The van der Waals surface area contributed by atoms with Crippen LogP contribution in [0.15, 0.2) is 42.5 Å². The van der Waals surface area contributed by atoms with E-state index in [2.05, 4.69) is 5.32 Å². The summed E-state index contributed by atoms with van der Waals surface area (Å²) in [4.78, 5) is 9.98. The Morgan fingerprint density at radius 3 is 2.45 bits per heavy atom. The first-order valence-corrected chi connectivity index (χ1v) is 6.24. The maximum Gasteiger partial charge on any atom is 0.306 e. The minimum absolute atomic E-state index is 0.0272. The predicted octanol–water partition coefficient (Wildman–Crippen LogP) is 4.22. The standard InChI is InChI=1S/C15H15FN2O2/c1-10-3-5-12(6-4-10)11(2)17-13-7-8-14(16)15(9-13)18(19)20/h3-9,11,17H,1-2H3. The number of nitro benzene ring substituents is 1. The van der Waals surface area contributed by atoms with Crippen LogP contribution in [-0.4, -0.2) is 4.92 Å². The molecule has 1 atom stereocenters. The van der Waals surface area contributed by atoms with Gasteiger partial charge in [-0.2, -0.15) is 4.39 Å². The highest BCUT2D eigenvalue weighted by Gasteiger charge is 2.15. The molecule has 0 aliphatic heterocycles. The molecule has 2 aromatic carbocycles. The first kappa shape index (κ1) is 14.0. The van der Waals surface area contributed by atoms with Crippen molar-refractivity contribution in [1.29, 1.82) is 0 Å². The lowest BCUT2D eigenvalue weighted by molar-refractivity contribution is -0.387. The topological polar surface area (TPSA) is 55.2 Å². The highest BCUT2D eigenvalue weighted by molar-refractivity contribution is 5.53. The third-order valence-electron chi connectivity index (χ3n) is 3.10. The molecule has 2 rings (SSSR count). The second-order valence-corrected chi connectivity index (χ2v) is 4.70. The predicted molar refractivity (Wildman–Crippen MR) is 76.3 cm³/mol. The molecule has 0 bridgehead atoms. The van der Waals surface area contributed by atoms with Crippen molar-refractivity contribution in [3.05, 3.63) is 69.5 Å². The lowest BCUT2D eigenvalue weighted by atomic mass is 10.1. The summed E-state index contributed by atoms with van der Waals surface area (Å²) in [5.41, 5.74) is 2.22. The third kappa shape index (κ3) is 3.12. The zero-order valence-electron chi connectivity index (χ0n) is 11.3. The van der Waals surface area contributed by atoms with Crippen LogP contribution in [0.4, 0.5) is 15.8 Å².